The molecule has 0 saturated heterocycles. The molecule has 0 unspecified atom stereocenters. The third-order valence-electron chi connectivity index (χ3n) is 3.93. The third kappa shape index (κ3) is 3.05. The van der Waals surface area contributed by atoms with Crippen molar-refractivity contribution in [3.05, 3.63) is 53.9 Å². The first-order chi connectivity index (χ1) is 11.5. The van der Waals surface area contributed by atoms with Crippen LogP contribution in [0.2, 0.25) is 0 Å². The Morgan fingerprint density at radius 2 is 1.88 bits per heavy atom. The topological polar surface area (TPSA) is 77.6 Å². The SMILES string of the molecule is Cc1ncn(-c2ccc(NC(=O)c3cn(C(C)C)nn3)cc2)c1C. The van der Waals surface area contributed by atoms with Gasteiger partial charge in [0, 0.05) is 23.1 Å². The third-order valence-corrected chi connectivity index (χ3v) is 3.93. The van der Waals surface area contributed by atoms with Crippen LogP contribution in [0.4, 0.5) is 5.69 Å². The van der Waals surface area contributed by atoms with E-state index in [1.807, 2.05) is 56.5 Å². The lowest BCUT2D eigenvalue weighted by Crippen LogP contribution is -2.12. The van der Waals surface area contributed by atoms with Gasteiger partial charge in [0.1, 0.15) is 0 Å². The number of benzene rings is 1. The first-order valence-electron chi connectivity index (χ1n) is 7.80. The molecule has 0 bridgehead atoms. The number of nitrogens with zero attached hydrogens (tertiary/aromatic N) is 5. The maximum absolute atomic E-state index is 12.2. The van der Waals surface area contributed by atoms with Crippen LogP contribution in [0.3, 0.4) is 0 Å². The normalized spacial score (nSPS) is 11.0. The van der Waals surface area contributed by atoms with E-state index in [0.717, 1.165) is 17.1 Å². The first-order valence-corrected chi connectivity index (χ1v) is 7.80. The van der Waals surface area contributed by atoms with Crippen molar-refractivity contribution in [3.63, 3.8) is 0 Å². The van der Waals surface area contributed by atoms with E-state index in [1.165, 1.54) is 0 Å². The van der Waals surface area contributed by atoms with E-state index in [0.29, 0.717) is 11.4 Å². The van der Waals surface area contributed by atoms with Crippen LogP contribution >= 0.6 is 0 Å². The molecule has 0 saturated carbocycles. The summed E-state index contributed by atoms with van der Waals surface area (Å²) >= 11 is 0. The number of aryl methyl sites for hydroxylation is 1. The zero-order valence-corrected chi connectivity index (χ0v) is 14.2. The maximum Gasteiger partial charge on any atom is 0.277 e. The molecule has 1 aromatic carbocycles. The average molecular weight is 324 g/mol. The summed E-state index contributed by atoms with van der Waals surface area (Å²) in [6.07, 6.45) is 3.44. The first kappa shape index (κ1) is 15.9. The summed E-state index contributed by atoms with van der Waals surface area (Å²) < 4.78 is 3.66. The summed E-state index contributed by atoms with van der Waals surface area (Å²) in [5.74, 6) is -0.274. The number of rotatable bonds is 4. The number of imidazole rings is 1. The Balaban J connectivity index is 1.74. The summed E-state index contributed by atoms with van der Waals surface area (Å²) in [5, 5.41) is 10.7. The van der Waals surface area contributed by atoms with Crippen molar-refractivity contribution in [2.24, 2.45) is 0 Å². The predicted octanol–water partition coefficient (Wildman–Crippen LogP) is 2.91. The summed E-state index contributed by atoms with van der Waals surface area (Å²) in [5.41, 5.74) is 4.10. The van der Waals surface area contributed by atoms with Crippen LogP contribution in [0.25, 0.3) is 5.69 Å². The molecule has 2 heterocycles. The summed E-state index contributed by atoms with van der Waals surface area (Å²) in [6, 6.07) is 7.76. The number of hydrogen-bond acceptors (Lipinski definition) is 4. The van der Waals surface area contributed by atoms with Crippen molar-refractivity contribution in [3.8, 4) is 5.69 Å². The number of nitrogens with one attached hydrogen (secondary N) is 1. The van der Waals surface area contributed by atoms with Gasteiger partial charge in [0.15, 0.2) is 5.69 Å². The number of anilines is 1. The molecule has 2 aromatic heterocycles. The minimum absolute atomic E-state index is 0.167. The van der Waals surface area contributed by atoms with Gasteiger partial charge in [0.2, 0.25) is 0 Å². The summed E-state index contributed by atoms with van der Waals surface area (Å²) in [6.45, 7) is 7.96. The highest BCUT2D eigenvalue weighted by atomic mass is 16.2. The molecule has 0 aliphatic rings. The van der Waals surface area contributed by atoms with Crippen molar-refractivity contribution in [2.75, 3.05) is 5.32 Å². The van der Waals surface area contributed by atoms with Gasteiger partial charge in [-0.25, -0.2) is 9.67 Å². The molecule has 3 rings (SSSR count). The van der Waals surface area contributed by atoms with Gasteiger partial charge in [-0.3, -0.25) is 4.79 Å². The van der Waals surface area contributed by atoms with Gasteiger partial charge in [-0.1, -0.05) is 5.21 Å². The van der Waals surface area contributed by atoms with Crippen LogP contribution in [0.5, 0.6) is 0 Å². The van der Waals surface area contributed by atoms with Gasteiger partial charge in [-0.2, -0.15) is 0 Å². The van der Waals surface area contributed by atoms with Crippen LogP contribution < -0.4 is 5.32 Å². The van der Waals surface area contributed by atoms with Gasteiger partial charge in [-0.05, 0) is 52.0 Å². The Labute approximate surface area is 140 Å². The molecule has 24 heavy (non-hydrogen) atoms. The number of aromatic nitrogens is 5. The molecular weight excluding hydrogens is 304 g/mol. The fraction of sp³-hybridized carbons (Fsp3) is 0.294. The molecule has 7 heteroatoms. The zero-order chi connectivity index (χ0) is 17.3. The number of hydrogen-bond donors (Lipinski definition) is 1. The molecule has 3 aromatic rings. The molecule has 0 radical (unpaired) electrons. The molecule has 1 amide bonds. The quantitative estimate of drug-likeness (QED) is 0.800. The van der Waals surface area contributed by atoms with Crippen LogP contribution in [-0.2, 0) is 0 Å². The lowest BCUT2D eigenvalue weighted by Gasteiger charge is -2.08. The number of amides is 1. The van der Waals surface area contributed by atoms with Gasteiger partial charge < -0.3 is 9.88 Å². The molecule has 7 nitrogen and oxygen atoms in total. The highest BCUT2D eigenvalue weighted by molar-refractivity contribution is 6.02. The smallest absolute Gasteiger partial charge is 0.277 e. The van der Waals surface area contributed by atoms with Crippen LogP contribution in [0.1, 0.15) is 41.8 Å². The van der Waals surface area contributed by atoms with E-state index in [9.17, 15) is 4.79 Å². The van der Waals surface area contributed by atoms with E-state index in [2.05, 4.69) is 20.6 Å². The van der Waals surface area contributed by atoms with Gasteiger partial charge >= 0.3 is 0 Å². The molecule has 0 fully saturated rings. The van der Waals surface area contributed by atoms with Crippen molar-refractivity contribution in [1.82, 2.24) is 24.5 Å². The monoisotopic (exact) mass is 324 g/mol. The molecule has 0 spiro atoms. The number of carbonyl (C=O) groups is 1. The average Bonchev–Trinajstić information content (AvgIpc) is 3.17. The Morgan fingerprint density at radius 3 is 2.42 bits per heavy atom. The van der Waals surface area contributed by atoms with Gasteiger partial charge in [0.25, 0.3) is 5.91 Å². The van der Waals surface area contributed by atoms with Crippen molar-refractivity contribution in [2.45, 2.75) is 33.7 Å². The predicted molar refractivity (Wildman–Crippen MR) is 91.4 cm³/mol. The molecule has 1 N–H and O–H groups in total. The van der Waals surface area contributed by atoms with E-state index < -0.39 is 0 Å². The molecular formula is C17H20N6O. The highest BCUT2D eigenvalue weighted by Gasteiger charge is 2.12. The van der Waals surface area contributed by atoms with Crippen molar-refractivity contribution < 1.29 is 4.79 Å². The molecule has 0 atom stereocenters. The van der Waals surface area contributed by atoms with E-state index in [4.69, 9.17) is 0 Å². The van der Waals surface area contributed by atoms with Gasteiger partial charge in [-0.15, -0.1) is 5.10 Å². The molecule has 124 valence electrons. The maximum atomic E-state index is 12.2. The van der Waals surface area contributed by atoms with E-state index >= 15 is 0 Å². The summed E-state index contributed by atoms with van der Waals surface area (Å²) in [7, 11) is 0. The van der Waals surface area contributed by atoms with Crippen LogP contribution in [-0.4, -0.2) is 30.5 Å². The highest BCUT2D eigenvalue weighted by Crippen LogP contribution is 2.17. The molecule has 0 aliphatic carbocycles. The van der Waals surface area contributed by atoms with Crippen LogP contribution in [0.15, 0.2) is 36.8 Å². The van der Waals surface area contributed by atoms with Crippen LogP contribution in [0, 0.1) is 13.8 Å². The summed E-state index contributed by atoms with van der Waals surface area (Å²) in [4.78, 5) is 16.5. The van der Waals surface area contributed by atoms with E-state index in [-0.39, 0.29) is 11.9 Å². The Kier molecular flexibility index (Phi) is 4.16. The standard InChI is InChI=1S/C17H20N6O/c1-11(2)23-9-16(20-21-23)17(24)19-14-5-7-15(8-6-14)22-10-18-12(3)13(22)4/h5-11H,1-4H3,(H,19,24). The lowest BCUT2D eigenvalue weighted by atomic mass is 10.2. The molecule has 0 aliphatic heterocycles. The fourth-order valence-electron chi connectivity index (χ4n) is 2.29. The lowest BCUT2D eigenvalue weighted by molar-refractivity contribution is 0.102. The second-order valence-electron chi connectivity index (χ2n) is 5.96. The Hall–Kier alpha value is -2.96. The minimum Gasteiger partial charge on any atom is -0.321 e. The Bertz CT molecular complexity index is 860. The second kappa shape index (κ2) is 6.27. The minimum atomic E-state index is -0.274. The zero-order valence-electron chi connectivity index (χ0n) is 14.2. The second-order valence-corrected chi connectivity index (χ2v) is 5.96. The van der Waals surface area contributed by atoms with E-state index in [1.54, 1.807) is 17.2 Å². The van der Waals surface area contributed by atoms with Gasteiger partial charge in [0.05, 0.1) is 18.2 Å². The van der Waals surface area contributed by atoms with Crippen molar-refractivity contribution >= 4 is 11.6 Å². The fourth-order valence-corrected chi connectivity index (χ4v) is 2.29. The Morgan fingerprint density at radius 1 is 1.17 bits per heavy atom. The largest absolute Gasteiger partial charge is 0.321 e. The number of carbonyl (C=O) groups excluding carboxylic acids is 1. The van der Waals surface area contributed by atoms with Crippen molar-refractivity contribution in [1.29, 1.82) is 0 Å².